The molecule has 0 aliphatic heterocycles. The molecule has 0 aliphatic rings. The zero-order valence-corrected chi connectivity index (χ0v) is 62.3. The smallest absolute Gasteiger partial charge is 0.462 e. The van der Waals surface area contributed by atoms with Gasteiger partial charge in [-0.15, -0.1) is 0 Å². The third-order valence-electron chi connectivity index (χ3n) is 16.4. The molecule has 0 rings (SSSR count). The zero-order chi connectivity index (χ0) is 68.3. The van der Waals surface area contributed by atoms with Gasteiger partial charge in [-0.1, -0.05) is 333 Å². The Kier molecular flexibility index (Phi) is 69.9. The summed E-state index contributed by atoms with van der Waals surface area (Å²) in [5.74, 6) is -0.834. The summed E-state index contributed by atoms with van der Waals surface area (Å²) in [4.78, 5) is 35.9. The summed E-state index contributed by atoms with van der Waals surface area (Å²) < 4.78 is 34.7. The molecule has 0 aromatic heterocycles. The topological polar surface area (TPSA) is 108 Å². The number of rotatable bonds is 70. The number of allylic oxidation sites excluding steroid dienone is 24. The van der Waals surface area contributed by atoms with E-state index in [2.05, 4.69) is 160 Å². The van der Waals surface area contributed by atoms with Crippen LogP contribution >= 0.6 is 7.82 Å². The van der Waals surface area contributed by atoms with Crippen molar-refractivity contribution in [3.63, 3.8) is 0 Å². The van der Waals surface area contributed by atoms with Gasteiger partial charge in [-0.3, -0.25) is 18.6 Å². The predicted octanol–water partition coefficient (Wildman–Crippen LogP) is 25.7. The SMILES string of the molecule is CC/C=C\C/C=C\C/C=C\C/C=C\C/C=C\C/C=C\C/C=C\C/C=C\C/C=C\CCCCCC(=O)OC(COC(=O)CCCCCCCCCCCCCCCCCCCCCCCCCC/C=C\C/C=C\C/C=C\CCCCCCC)COP(=O)(O)OCC[N+](C)(C)C. The van der Waals surface area contributed by atoms with Crippen molar-refractivity contribution >= 4 is 19.8 Å². The van der Waals surface area contributed by atoms with Crippen LogP contribution in [0.25, 0.3) is 0 Å². The van der Waals surface area contributed by atoms with Gasteiger partial charge in [-0.2, -0.15) is 0 Å². The Morgan fingerprint density at radius 2 is 0.606 bits per heavy atom. The van der Waals surface area contributed by atoms with Crippen molar-refractivity contribution in [3.05, 3.63) is 146 Å². The molecule has 0 bridgehead atoms. The molecule has 538 valence electrons. The summed E-state index contributed by atoms with van der Waals surface area (Å²) in [6.07, 6.45) is 108. The second-order valence-corrected chi connectivity index (χ2v) is 28.1. The number of phosphoric acid groups is 1. The van der Waals surface area contributed by atoms with Gasteiger partial charge in [0.25, 0.3) is 0 Å². The minimum atomic E-state index is -4.41. The van der Waals surface area contributed by atoms with Crippen molar-refractivity contribution in [1.29, 1.82) is 0 Å². The molecule has 2 atom stereocenters. The van der Waals surface area contributed by atoms with Crippen LogP contribution in [0.4, 0.5) is 0 Å². The summed E-state index contributed by atoms with van der Waals surface area (Å²) in [6.45, 7) is 4.28. The van der Waals surface area contributed by atoms with E-state index >= 15 is 0 Å². The van der Waals surface area contributed by atoms with Gasteiger partial charge in [-0.25, -0.2) is 4.57 Å². The molecule has 2 unspecified atom stereocenters. The highest BCUT2D eigenvalue weighted by atomic mass is 31.2. The Morgan fingerprint density at radius 3 is 0.915 bits per heavy atom. The first kappa shape index (κ1) is 89.9. The van der Waals surface area contributed by atoms with Crippen LogP contribution in [-0.4, -0.2) is 74.9 Å². The highest BCUT2D eigenvalue weighted by molar-refractivity contribution is 7.47. The molecule has 0 spiro atoms. The maximum Gasteiger partial charge on any atom is 0.472 e. The van der Waals surface area contributed by atoms with E-state index in [1.807, 2.05) is 21.1 Å². The molecule has 1 N–H and O–H groups in total. The van der Waals surface area contributed by atoms with Crippen LogP contribution in [0, 0.1) is 0 Å². The van der Waals surface area contributed by atoms with E-state index in [-0.39, 0.29) is 32.0 Å². The fourth-order valence-electron chi connectivity index (χ4n) is 10.5. The number of ether oxygens (including phenoxy) is 2. The van der Waals surface area contributed by atoms with Gasteiger partial charge in [0.05, 0.1) is 27.7 Å². The van der Waals surface area contributed by atoms with Gasteiger partial charge in [0.15, 0.2) is 6.10 Å². The monoisotopic (exact) mass is 1330 g/mol. The fourth-order valence-corrected chi connectivity index (χ4v) is 11.2. The number of nitrogens with zero attached hydrogens (tertiary/aromatic N) is 1. The maximum atomic E-state index is 12.9. The van der Waals surface area contributed by atoms with Gasteiger partial charge in [0.1, 0.15) is 19.8 Å². The molecule has 10 heteroatoms. The Hall–Kier alpha value is -4.11. The van der Waals surface area contributed by atoms with Crippen molar-refractivity contribution in [1.82, 2.24) is 0 Å². The van der Waals surface area contributed by atoms with Crippen molar-refractivity contribution in [2.45, 2.75) is 328 Å². The quantitative estimate of drug-likeness (QED) is 0.0211. The summed E-state index contributed by atoms with van der Waals surface area (Å²) in [6, 6.07) is 0. The summed E-state index contributed by atoms with van der Waals surface area (Å²) in [5.41, 5.74) is 0. The van der Waals surface area contributed by atoms with Crippen molar-refractivity contribution in [3.8, 4) is 0 Å². The molecular weight excluding hydrogens is 1180 g/mol. The molecule has 0 heterocycles. The lowest BCUT2D eigenvalue weighted by Gasteiger charge is -2.24. The number of likely N-dealkylation sites (N-methyl/N-ethyl adjacent to an activating group) is 1. The number of carbonyl (C=O) groups is 2. The zero-order valence-electron chi connectivity index (χ0n) is 61.4. The van der Waals surface area contributed by atoms with Gasteiger partial charge < -0.3 is 18.9 Å². The Bertz CT molecular complexity index is 2100. The Balaban J connectivity index is 4.04. The van der Waals surface area contributed by atoms with Crippen molar-refractivity contribution < 1.29 is 42.1 Å². The summed E-state index contributed by atoms with van der Waals surface area (Å²) in [5, 5.41) is 0. The van der Waals surface area contributed by atoms with Crippen LogP contribution in [0.15, 0.2) is 146 Å². The number of carbonyl (C=O) groups excluding carboxylic acids is 2. The van der Waals surface area contributed by atoms with E-state index in [0.29, 0.717) is 17.4 Å². The van der Waals surface area contributed by atoms with Gasteiger partial charge in [-0.05, 0) is 122 Å². The van der Waals surface area contributed by atoms with Gasteiger partial charge in [0.2, 0.25) is 0 Å². The first-order valence-electron chi connectivity index (χ1n) is 38.6. The first-order valence-corrected chi connectivity index (χ1v) is 40.1. The summed E-state index contributed by atoms with van der Waals surface area (Å²) >= 11 is 0. The third-order valence-corrected chi connectivity index (χ3v) is 17.3. The predicted molar refractivity (Wildman–Crippen MR) is 408 cm³/mol. The molecular formula is C84H145NO8P+. The molecule has 9 nitrogen and oxygen atoms in total. The highest BCUT2D eigenvalue weighted by Crippen LogP contribution is 2.43. The van der Waals surface area contributed by atoms with Gasteiger partial charge in [0, 0.05) is 12.8 Å². The third kappa shape index (κ3) is 76.9. The molecule has 0 fully saturated rings. The molecule has 0 radical (unpaired) electrons. The van der Waals surface area contributed by atoms with E-state index in [0.717, 1.165) is 109 Å². The summed E-state index contributed by atoms with van der Waals surface area (Å²) in [7, 11) is 1.45. The van der Waals surface area contributed by atoms with E-state index in [1.54, 1.807) is 0 Å². The number of unbranched alkanes of at least 4 members (excludes halogenated alkanes) is 32. The largest absolute Gasteiger partial charge is 0.472 e. The van der Waals surface area contributed by atoms with E-state index in [9.17, 15) is 19.0 Å². The maximum absolute atomic E-state index is 12.9. The molecule has 0 aromatic rings. The Morgan fingerprint density at radius 1 is 0.340 bits per heavy atom. The lowest BCUT2D eigenvalue weighted by atomic mass is 10.0. The number of hydrogen-bond acceptors (Lipinski definition) is 7. The number of quaternary nitrogens is 1. The molecule has 94 heavy (non-hydrogen) atoms. The molecule has 0 amide bonds. The number of hydrogen-bond donors (Lipinski definition) is 1. The van der Waals surface area contributed by atoms with E-state index in [1.165, 1.54) is 180 Å². The molecule has 0 saturated heterocycles. The average Bonchev–Trinajstić information content (AvgIpc) is 1.66. The van der Waals surface area contributed by atoms with Crippen molar-refractivity contribution in [2.24, 2.45) is 0 Å². The van der Waals surface area contributed by atoms with Crippen LogP contribution in [0.5, 0.6) is 0 Å². The van der Waals surface area contributed by atoms with Crippen LogP contribution < -0.4 is 0 Å². The second kappa shape index (κ2) is 73.1. The minimum absolute atomic E-state index is 0.0187. The fraction of sp³-hybridized carbons (Fsp3) is 0.690. The standard InChI is InChI=1S/C84H144NO8P/c1-6-8-10-12-14-16-18-20-22-24-26-28-30-32-34-36-38-39-40-41-42-43-44-45-47-48-50-52-54-56-58-60-62-64-66-68-70-72-74-76-83(86)90-80-82(81-92-94(88,89)91-79-78-85(3,4)5)93-84(87)77-75-73-71-69-67-65-63-61-59-57-55-53-51-49-46-37-35-33-31-29-27-25-23-21-19-17-15-13-11-9-7-2/h9,11,15,17-18,20-21,23-24,26-27,29-30,32-33,35,46,49,53,55,59,61,65,67,82H,6-8,10,12-14,16,19,22,25,28,31,34,36-45,47-48,50-52,54,56-58,60,62-64,66,68-81H2,1-5H3/p+1/b11-9-,17-15-,20-18-,23-21-,26-24-,29-27-,32-30-,35-33-,49-46-,55-53-,61-59-,67-65-. The van der Waals surface area contributed by atoms with Crippen molar-refractivity contribution in [2.75, 3.05) is 47.5 Å². The van der Waals surface area contributed by atoms with Crippen LogP contribution in [-0.2, 0) is 32.7 Å². The second-order valence-electron chi connectivity index (χ2n) is 26.7. The average molecular weight is 1330 g/mol. The Labute approximate surface area is 580 Å². The lowest BCUT2D eigenvalue weighted by Crippen LogP contribution is -2.37. The first-order chi connectivity index (χ1) is 46.0. The minimum Gasteiger partial charge on any atom is -0.462 e. The lowest BCUT2D eigenvalue weighted by molar-refractivity contribution is -0.870. The van der Waals surface area contributed by atoms with Crippen LogP contribution in [0.2, 0.25) is 0 Å². The van der Waals surface area contributed by atoms with Crippen LogP contribution in [0.3, 0.4) is 0 Å². The van der Waals surface area contributed by atoms with Crippen LogP contribution in [0.1, 0.15) is 322 Å². The molecule has 0 aromatic carbocycles. The highest BCUT2D eigenvalue weighted by Gasteiger charge is 2.27. The molecule has 0 aliphatic carbocycles. The van der Waals surface area contributed by atoms with E-state index < -0.39 is 26.5 Å². The van der Waals surface area contributed by atoms with E-state index in [4.69, 9.17) is 18.5 Å². The molecule has 0 saturated carbocycles. The van der Waals surface area contributed by atoms with Gasteiger partial charge >= 0.3 is 19.8 Å². The number of esters is 2. The normalized spacial score (nSPS) is 13.9. The number of phosphoric ester groups is 1.